The van der Waals surface area contributed by atoms with Gasteiger partial charge in [0.25, 0.3) is 0 Å². The molecule has 2 aromatic heterocycles. The summed E-state index contributed by atoms with van der Waals surface area (Å²) < 4.78 is 0. The summed E-state index contributed by atoms with van der Waals surface area (Å²) >= 11 is 7.59. The molecular weight excluding hydrogens is 218 g/mol. The monoisotopic (exact) mass is 227 g/mol. The van der Waals surface area contributed by atoms with E-state index in [4.69, 9.17) is 11.6 Å². The van der Waals surface area contributed by atoms with Crippen LogP contribution in [-0.4, -0.2) is 16.5 Å². The number of thiophene rings is 1. The molecule has 14 heavy (non-hydrogen) atoms. The van der Waals surface area contributed by atoms with Crippen molar-refractivity contribution in [1.82, 2.24) is 9.97 Å². The fourth-order valence-corrected chi connectivity index (χ4v) is 2.35. The van der Waals surface area contributed by atoms with Crippen molar-refractivity contribution in [2.24, 2.45) is 0 Å². The van der Waals surface area contributed by atoms with E-state index < -0.39 is 0 Å². The average molecular weight is 228 g/mol. The molecule has 3 nitrogen and oxygen atoms in total. The van der Waals surface area contributed by atoms with Crippen LogP contribution in [0.15, 0.2) is 11.7 Å². The zero-order chi connectivity index (χ0) is 9.97. The number of aromatic nitrogens is 2. The van der Waals surface area contributed by atoms with Crippen molar-refractivity contribution in [1.29, 1.82) is 0 Å². The minimum atomic E-state index is 0.726. The molecule has 0 atom stereocenters. The number of hydrogen-bond donors (Lipinski definition) is 1. The lowest BCUT2D eigenvalue weighted by Gasteiger charge is -2.04. The smallest absolute Gasteiger partial charge is 0.139 e. The number of hydrogen-bond acceptors (Lipinski definition) is 4. The maximum Gasteiger partial charge on any atom is 0.139 e. The van der Waals surface area contributed by atoms with Gasteiger partial charge in [0, 0.05) is 11.9 Å². The Hall–Kier alpha value is -0.870. The van der Waals surface area contributed by atoms with Gasteiger partial charge in [-0.15, -0.1) is 11.3 Å². The molecule has 0 amide bonds. The summed E-state index contributed by atoms with van der Waals surface area (Å²) in [6, 6.07) is 0. The molecule has 0 unspecified atom stereocenters. The molecule has 0 radical (unpaired) electrons. The van der Waals surface area contributed by atoms with Crippen molar-refractivity contribution in [3.05, 3.63) is 16.7 Å². The molecule has 1 N–H and O–H groups in total. The first-order valence-corrected chi connectivity index (χ1v) is 5.70. The maximum atomic E-state index is 6.05. The molecule has 0 saturated carbocycles. The Labute approximate surface area is 91.1 Å². The number of nitrogens with zero attached hydrogens (tertiary/aromatic N) is 2. The maximum absolute atomic E-state index is 6.05. The molecule has 74 valence electrons. The van der Waals surface area contributed by atoms with Crippen LogP contribution in [0.4, 0.5) is 5.82 Å². The first kappa shape index (κ1) is 9.68. The lowest BCUT2D eigenvalue weighted by Crippen LogP contribution is -2.02. The van der Waals surface area contributed by atoms with Crippen molar-refractivity contribution in [3.63, 3.8) is 0 Å². The molecule has 0 bridgehead atoms. The number of anilines is 1. The average Bonchev–Trinajstić information content (AvgIpc) is 2.58. The van der Waals surface area contributed by atoms with Crippen LogP contribution >= 0.6 is 22.9 Å². The third-order valence-electron chi connectivity index (χ3n) is 1.87. The van der Waals surface area contributed by atoms with Crippen LogP contribution in [0.3, 0.4) is 0 Å². The van der Waals surface area contributed by atoms with E-state index in [0.717, 1.165) is 34.0 Å². The summed E-state index contributed by atoms with van der Waals surface area (Å²) in [6.07, 6.45) is 2.63. The Bertz CT molecular complexity index is 441. The van der Waals surface area contributed by atoms with Crippen molar-refractivity contribution in [2.75, 3.05) is 11.9 Å². The predicted octanol–water partition coefficient (Wildman–Crippen LogP) is 3.17. The normalized spacial score (nSPS) is 10.7. The second kappa shape index (κ2) is 4.11. The van der Waals surface area contributed by atoms with E-state index in [1.807, 2.05) is 5.38 Å². The first-order chi connectivity index (χ1) is 6.83. The molecule has 0 spiro atoms. The third-order valence-corrected chi connectivity index (χ3v) is 3.18. The van der Waals surface area contributed by atoms with E-state index in [0.29, 0.717) is 0 Å². The quantitative estimate of drug-likeness (QED) is 0.875. The Balaban J connectivity index is 2.46. The highest BCUT2D eigenvalue weighted by molar-refractivity contribution is 7.17. The third kappa shape index (κ3) is 1.67. The second-order valence-electron chi connectivity index (χ2n) is 2.91. The molecule has 0 aliphatic rings. The molecule has 0 aliphatic carbocycles. The van der Waals surface area contributed by atoms with E-state index in [2.05, 4.69) is 22.2 Å². The highest BCUT2D eigenvalue weighted by Crippen LogP contribution is 2.32. The van der Waals surface area contributed by atoms with Crippen LogP contribution in [0, 0.1) is 0 Å². The van der Waals surface area contributed by atoms with Gasteiger partial charge in [-0.2, -0.15) is 0 Å². The lowest BCUT2D eigenvalue weighted by atomic mass is 10.3. The summed E-state index contributed by atoms with van der Waals surface area (Å²) in [6.45, 7) is 3.01. The van der Waals surface area contributed by atoms with Gasteiger partial charge in [-0.05, 0) is 6.42 Å². The molecular formula is C9H10ClN3S. The predicted molar refractivity (Wildman–Crippen MR) is 61.2 cm³/mol. The van der Waals surface area contributed by atoms with Crippen molar-refractivity contribution in [2.45, 2.75) is 13.3 Å². The van der Waals surface area contributed by atoms with Gasteiger partial charge >= 0.3 is 0 Å². The minimum Gasteiger partial charge on any atom is -0.369 e. The van der Waals surface area contributed by atoms with Gasteiger partial charge in [0.05, 0.1) is 10.4 Å². The fraction of sp³-hybridized carbons (Fsp3) is 0.333. The molecule has 0 aliphatic heterocycles. The Morgan fingerprint density at radius 2 is 2.36 bits per heavy atom. The zero-order valence-corrected chi connectivity index (χ0v) is 9.32. The highest BCUT2D eigenvalue weighted by Gasteiger charge is 2.08. The summed E-state index contributed by atoms with van der Waals surface area (Å²) in [5, 5.41) is 6.79. The molecule has 2 rings (SSSR count). The van der Waals surface area contributed by atoms with Crippen LogP contribution in [0.2, 0.25) is 5.02 Å². The number of halogens is 1. The van der Waals surface area contributed by atoms with Gasteiger partial charge in [-0.1, -0.05) is 18.5 Å². The molecule has 2 aromatic rings. The van der Waals surface area contributed by atoms with Crippen LogP contribution in [0.5, 0.6) is 0 Å². The van der Waals surface area contributed by atoms with Crippen LogP contribution in [-0.2, 0) is 0 Å². The largest absolute Gasteiger partial charge is 0.369 e. The second-order valence-corrected chi connectivity index (χ2v) is 4.18. The van der Waals surface area contributed by atoms with E-state index >= 15 is 0 Å². The highest BCUT2D eigenvalue weighted by atomic mass is 35.5. The Kier molecular flexibility index (Phi) is 2.84. The van der Waals surface area contributed by atoms with E-state index in [9.17, 15) is 0 Å². The molecule has 2 heterocycles. The van der Waals surface area contributed by atoms with Gasteiger partial charge in [0.15, 0.2) is 0 Å². The number of nitrogens with one attached hydrogen (secondary N) is 1. The zero-order valence-electron chi connectivity index (χ0n) is 7.75. The summed E-state index contributed by atoms with van der Waals surface area (Å²) in [5.74, 6) is 0.836. The van der Waals surface area contributed by atoms with E-state index in [1.54, 1.807) is 6.33 Å². The summed E-state index contributed by atoms with van der Waals surface area (Å²) in [7, 11) is 0. The van der Waals surface area contributed by atoms with Gasteiger partial charge in [-0.25, -0.2) is 9.97 Å². The van der Waals surface area contributed by atoms with Crippen molar-refractivity contribution < 1.29 is 0 Å². The molecule has 0 fully saturated rings. The molecule has 0 saturated heterocycles. The number of fused-ring (bicyclic) bond motifs is 1. The lowest BCUT2D eigenvalue weighted by molar-refractivity contribution is 0.970. The minimum absolute atomic E-state index is 0.726. The molecule has 0 aromatic carbocycles. The summed E-state index contributed by atoms with van der Waals surface area (Å²) in [5.41, 5.74) is 0. The van der Waals surface area contributed by atoms with Gasteiger partial charge in [0.2, 0.25) is 0 Å². The van der Waals surface area contributed by atoms with Crippen LogP contribution in [0.1, 0.15) is 13.3 Å². The first-order valence-electron chi connectivity index (χ1n) is 4.44. The topological polar surface area (TPSA) is 37.8 Å². The van der Waals surface area contributed by atoms with Gasteiger partial charge in [-0.3, -0.25) is 0 Å². The van der Waals surface area contributed by atoms with E-state index in [1.165, 1.54) is 11.3 Å². The van der Waals surface area contributed by atoms with Gasteiger partial charge < -0.3 is 5.32 Å². The van der Waals surface area contributed by atoms with Crippen LogP contribution < -0.4 is 5.32 Å². The van der Waals surface area contributed by atoms with Crippen molar-refractivity contribution >= 4 is 39.0 Å². The van der Waals surface area contributed by atoms with Gasteiger partial charge in [0.1, 0.15) is 17.0 Å². The Morgan fingerprint density at radius 1 is 1.50 bits per heavy atom. The Morgan fingerprint density at radius 3 is 3.14 bits per heavy atom. The SMILES string of the molecule is CCCNc1ncnc2scc(Cl)c12. The molecule has 5 heteroatoms. The van der Waals surface area contributed by atoms with Crippen LogP contribution in [0.25, 0.3) is 10.2 Å². The number of rotatable bonds is 3. The summed E-state index contributed by atoms with van der Waals surface area (Å²) in [4.78, 5) is 9.27. The fourth-order valence-electron chi connectivity index (χ4n) is 1.22. The standard InChI is InChI=1S/C9H10ClN3S/c1-2-3-11-8-7-6(10)4-14-9(7)13-5-12-8/h4-5H,2-3H2,1H3,(H,11,12,13). The van der Waals surface area contributed by atoms with E-state index in [-0.39, 0.29) is 0 Å². The van der Waals surface area contributed by atoms with Crippen molar-refractivity contribution in [3.8, 4) is 0 Å².